The van der Waals surface area contributed by atoms with E-state index in [1.807, 2.05) is 24.3 Å². The minimum absolute atomic E-state index is 0.172. The van der Waals surface area contributed by atoms with Crippen molar-refractivity contribution in [1.82, 2.24) is 0 Å². The smallest absolute Gasteiger partial charge is 0.255 e. The lowest BCUT2D eigenvalue weighted by Crippen LogP contribution is -2.12. The third kappa shape index (κ3) is 4.52. The summed E-state index contributed by atoms with van der Waals surface area (Å²) < 4.78 is 10.7. The standard InChI is InChI=1S/C18H21NO3/c1-13(2)12-22-16-9-7-15(8-10-16)19-18(20)14-5-4-6-17(11-14)21-3/h4-11,13H,12H2,1-3H3,(H,19,20). The fourth-order valence-electron chi connectivity index (χ4n) is 1.86. The molecule has 2 aromatic carbocycles. The molecule has 2 rings (SSSR count). The molecule has 0 bridgehead atoms. The van der Waals surface area contributed by atoms with Gasteiger partial charge in [-0.05, 0) is 48.4 Å². The van der Waals surface area contributed by atoms with Crippen molar-refractivity contribution >= 4 is 11.6 Å². The van der Waals surface area contributed by atoms with Gasteiger partial charge in [0, 0.05) is 11.3 Å². The van der Waals surface area contributed by atoms with Crippen molar-refractivity contribution in [3.8, 4) is 11.5 Å². The molecule has 4 heteroatoms. The van der Waals surface area contributed by atoms with Crippen LogP contribution >= 0.6 is 0 Å². The quantitative estimate of drug-likeness (QED) is 0.877. The Balaban J connectivity index is 1.99. The van der Waals surface area contributed by atoms with Gasteiger partial charge in [0.05, 0.1) is 13.7 Å². The Kier molecular flexibility index (Phi) is 5.42. The molecule has 116 valence electrons. The van der Waals surface area contributed by atoms with Crippen LogP contribution in [-0.4, -0.2) is 19.6 Å². The molecule has 2 aromatic rings. The number of carbonyl (C=O) groups excluding carboxylic acids is 1. The van der Waals surface area contributed by atoms with E-state index in [4.69, 9.17) is 9.47 Å². The topological polar surface area (TPSA) is 47.6 Å². The van der Waals surface area contributed by atoms with Gasteiger partial charge in [0.25, 0.3) is 5.91 Å². The Bertz CT molecular complexity index is 620. The molecule has 0 atom stereocenters. The van der Waals surface area contributed by atoms with Gasteiger partial charge in [-0.3, -0.25) is 4.79 Å². The fraction of sp³-hybridized carbons (Fsp3) is 0.278. The highest BCUT2D eigenvalue weighted by atomic mass is 16.5. The van der Waals surface area contributed by atoms with Crippen LogP contribution in [0.5, 0.6) is 11.5 Å². The molecule has 0 heterocycles. The third-order valence-corrected chi connectivity index (χ3v) is 3.03. The Labute approximate surface area is 131 Å². The SMILES string of the molecule is COc1cccc(C(=O)Nc2ccc(OCC(C)C)cc2)c1. The first-order chi connectivity index (χ1) is 10.6. The second-order valence-electron chi connectivity index (χ2n) is 5.42. The minimum atomic E-state index is -0.172. The molecular weight excluding hydrogens is 278 g/mol. The van der Waals surface area contributed by atoms with Gasteiger partial charge in [0.15, 0.2) is 0 Å². The summed E-state index contributed by atoms with van der Waals surface area (Å²) in [7, 11) is 1.58. The molecule has 1 amide bonds. The monoisotopic (exact) mass is 299 g/mol. The molecule has 0 unspecified atom stereocenters. The average Bonchev–Trinajstić information content (AvgIpc) is 2.54. The van der Waals surface area contributed by atoms with E-state index in [-0.39, 0.29) is 5.91 Å². The van der Waals surface area contributed by atoms with E-state index in [0.29, 0.717) is 23.8 Å². The number of hydrogen-bond acceptors (Lipinski definition) is 3. The molecule has 4 nitrogen and oxygen atoms in total. The molecule has 0 saturated heterocycles. The van der Waals surface area contributed by atoms with Crippen LogP contribution in [0.2, 0.25) is 0 Å². The lowest BCUT2D eigenvalue weighted by Gasteiger charge is -2.10. The maximum absolute atomic E-state index is 12.2. The first kappa shape index (κ1) is 15.9. The Morgan fingerprint density at radius 3 is 2.45 bits per heavy atom. The van der Waals surface area contributed by atoms with Crippen molar-refractivity contribution in [2.75, 3.05) is 19.0 Å². The van der Waals surface area contributed by atoms with E-state index in [1.54, 1.807) is 31.4 Å². The van der Waals surface area contributed by atoms with E-state index in [9.17, 15) is 4.79 Å². The maximum Gasteiger partial charge on any atom is 0.255 e. The molecule has 0 fully saturated rings. The lowest BCUT2D eigenvalue weighted by molar-refractivity contribution is 0.102. The van der Waals surface area contributed by atoms with E-state index in [2.05, 4.69) is 19.2 Å². The van der Waals surface area contributed by atoms with E-state index < -0.39 is 0 Å². The van der Waals surface area contributed by atoms with Gasteiger partial charge in [-0.2, -0.15) is 0 Å². The summed E-state index contributed by atoms with van der Waals surface area (Å²) in [5.74, 6) is 1.76. The van der Waals surface area contributed by atoms with Crippen LogP contribution in [0.15, 0.2) is 48.5 Å². The number of anilines is 1. The predicted octanol–water partition coefficient (Wildman–Crippen LogP) is 3.98. The number of benzene rings is 2. The number of nitrogens with one attached hydrogen (secondary N) is 1. The lowest BCUT2D eigenvalue weighted by atomic mass is 10.2. The number of ether oxygens (including phenoxy) is 2. The molecule has 1 N–H and O–H groups in total. The number of rotatable bonds is 6. The second-order valence-corrected chi connectivity index (χ2v) is 5.42. The minimum Gasteiger partial charge on any atom is -0.497 e. The van der Waals surface area contributed by atoms with Crippen LogP contribution < -0.4 is 14.8 Å². The summed E-state index contributed by atoms with van der Waals surface area (Å²) >= 11 is 0. The number of amides is 1. The Morgan fingerprint density at radius 2 is 1.82 bits per heavy atom. The van der Waals surface area contributed by atoms with Crippen molar-refractivity contribution in [2.24, 2.45) is 5.92 Å². The normalized spacial score (nSPS) is 10.4. The zero-order valence-corrected chi connectivity index (χ0v) is 13.1. The van der Waals surface area contributed by atoms with Crippen molar-refractivity contribution < 1.29 is 14.3 Å². The summed E-state index contributed by atoms with van der Waals surface area (Å²) in [6.07, 6.45) is 0. The number of hydrogen-bond donors (Lipinski definition) is 1. The molecular formula is C18H21NO3. The van der Waals surface area contributed by atoms with Gasteiger partial charge >= 0.3 is 0 Å². The molecule has 22 heavy (non-hydrogen) atoms. The summed E-state index contributed by atoms with van der Waals surface area (Å²) in [5, 5.41) is 2.85. The summed E-state index contributed by atoms with van der Waals surface area (Å²) in [5.41, 5.74) is 1.28. The molecule has 0 aliphatic heterocycles. The zero-order chi connectivity index (χ0) is 15.9. The van der Waals surface area contributed by atoms with Crippen molar-refractivity contribution in [3.63, 3.8) is 0 Å². The zero-order valence-electron chi connectivity index (χ0n) is 13.1. The third-order valence-electron chi connectivity index (χ3n) is 3.03. The molecule has 0 aromatic heterocycles. The van der Waals surface area contributed by atoms with Crippen LogP contribution in [0.1, 0.15) is 24.2 Å². The molecule has 0 spiro atoms. The van der Waals surface area contributed by atoms with Gasteiger partial charge in [-0.15, -0.1) is 0 Å². The first-order valence-corrected chi connectivity index (χ1v) is 7.26. The summed E-state index contributed by atoms with van der Waals surface area (Å²) in [4.78, 5) is 12.2. The van der Waals surface area contributed by atoms with Gasteiger partial charge in [-0.1, -0.05) is 19.9 Å². The van der Waals surface area contributed by atoms with Crippen LogP contribution in [0.4, 0.5) is 5.69 Å². The highest BCUT2D eigenvalue weighted by Crippen LogP contribution is 2.18. The van der Waals surface area contributed by atoms with Crippen LogP contribution in [0.25, 0.3) is 0 Å². The van der Waals surface area contributed by atoms with E-state index in [0.717, 1.165) is 11.4 Å². The number of carbonyl (C=O) groups is 1. The van der Waals surface area contributed by atoms with Gasteiger partial charge in [0.1, 0.15) is 11.5 Å². The Morgan fingerprint density at radius 1 is 1.09 bits per heavy atom. The maximum atomic E-state index is 12.2. The Hall–Kier alpha value is -2.49. The number of methoxy groups -OCH3 is 1. The van der Waals surface area contributed by atoms with Gasteiger partial charge < -0.3 is 14.8 Å². The fourth-order valence-corrected chi connectivity index (χ4v) is 1.86. The predicted molar refractivity (Wildman–Crippen MR) is 87.7 cm³/mol. The first-order valence-electron chi connectivity index (χ1n) is 7.26. The van der Waals surface area contributed by atoms with Crippen molar-refractivity contribution in [2.45, 2.75) is 13.8 Å². The van der Waals surface area contributed by atoms with Crippen molar-refractivity contribution in [1.29, 1.82) is 0 Å². The van der Waals surface area contributed by atoms with E-state index in [1.165, 1.54) is 0 Å². The van der Waals surface area contributed by atoms with Crippen molar-refractivity contribution in [3.05, 3.63) is 54.1 Å². The van der Waals surface area contributed by atoms with Crippen LogP contribution in [-0.2, 0) is 0 Å². The molecule has 0 radical (unpaired) electrons. The highest BCUT2D eigenvalue weighted by Gasteiger charge is 2.07. The molecule has 0 aliphatic carbocycles. The molecule has 0 saturated carbocycles. The van der Waals surface area contributed by atoms with Crippen LogP contribution in [0, 0.1) is 5.92 Å². The highest BCUT2D eigenvalue weighted by molar-refractivity contribution is 6.04. The summed E-state index contributed by atoms with van der Waals surface area (Å²) in [6.45, 7) is 4.88. The largest absolute Gasteiger partial charge is 0.497 e. The van der Waals surface area contributed by atoms with Crippen LogP contribution in [0.3, 0.4) is 0 Å². The van der Waals surface area contributed by atoms with E-state index >= 15 is 0 Å². The molecule has 0 aliphatic rings. The second kappa shape index (κ2) is 7.50. The average molecular weight is 299 g/mol. The summed E-state index contributed by atoms with van der Waals surface area (Å²) in [6, 6.07) is 14.4. The van der Waals surface area contributed by atoms with Gasteiger partial charge in [0.2, 0.25) is 0 Å². The van der Waals surface area contributed by atoms with Gasteiger partial charge in [-0.25, -0.2) is 0 Å².